The van der Waals surface area contributed by atoms with Gasteiger partial charge in [0.1, 0.15) is 5.75 Å². The molecule has 2 N–H and O–H groups in total. The first-order chi connectivity index (χ1) is 13.2. The Bertz CT molecular complexity index is 885. The molecule has 0 spiro atoms. The van der Waals surface area contributed by atoms with Crippen molar-refractivity contribution < 1.29 is 4.74 Å². The number of nitrogens with zero attached hydrogens (tertiary/aromatic N) is 3. The zero-order chi connectivity index (χ0) is 18.6. The van der Waals surface area contributed by atoms with Gasteiger partial charge in [-0.05, 0) is 68.7 Å². The van der Waals surface area contributed by atoms with Crippen LogP contribution in [-0.2, 0) is 0 Å². The minimum absolute atomic E-state index is 0.605. The normalized spacial score (nSPS) is 15.6. The second-order valence-corrected chi connectivity index (χ2v) is 7.07. The number of benzene rings is 1. The summed E-state index contributed by atoms with van der Waals surface area (Å²) in [7, 11) is 3.91. The van der Waals surface area contributed by atoms with E-state index in [1.54, 1.807) is 19.5 Å². The zero-order valence-electron chi connectivity index (χ0n) is 15.8. The average molecular weight is 363 g/mol. The van der Waals surface area contributed by atoms with Crippen LogP contribution in [0.25, 0.3) is 11.3 Å². The van der Waals surface area contributed by atoms with Crippen molar-refractivity contribution in [2.75, 3.05) is 32.6 Å². The Hall–Kier alpha value is -2.86. The number of pyridine rings is 1. The van der Waals surface area contributed by atoms with Gasteiger partial charge >= 0.3 is 0 Å². The molecule has 0 radical (unpaired) electrons. The third-order valence-corrected chi connectivity index (χ3v) is 5.22. The van der Waals surface area contributed by atoms with Gasteiger partial charge < -0.3 is 15.0 Å². The minimum Gasteiger partial charge on any atom is -0.496 e. The maximum atomic E-state index is 5.69. The molecule has 0 aliphatic carbocycles. The van der Waals surface area contributed by atoms with E-state index >= 15 is 0 Å². The fourth-order valence-corrected chi connectivity index (χ4v) is 3.63. The van der Waals surface area contributed by atoms with Crippen molar-refractivity contribution in [1.82, 2.24) is 20.1 Å². The van der Waals surface area contributed by atoms with Gasteiger partial charge in [-0.25, -0.2) is 0 Å². The Kier molecular flexibility index (Phi) is 5.07. The lowest BCUT2D eigenvalue weighted by Crippen LogP contribution is -2.29. The smallest absolute Gasteiger partial charge is 0.152 e. The first-order valence-electron chi connectivity index (χ1n) is 9.32. The quantitative estimate of drug-likeness (QED) is 0.716. The number of anilines is 2. The van der Waals surface area contributed by atoms with Crippen molar-refractivity contribution in [3.8, 4) is 17.0 Å². The molecule has 0 saturated carbocycles. The van der Waals surface area contributed by atoms with E-state index in [1.165, 1.54) is 18.4 Å². The van der Waals surface area contributed by atoms with Crippen LogP contribution in [0, 0.1) is 0 Å². The third-order valence-electron chi connectivity index (χ3n) is 5.22. The van der Waals surface area contributed by atoms with Crippen molar-refractivity contribution >= 4 is 11.5 Å². The Morgan fingerprint density at radius 2 is 2.04 bits per heavy atom. The summed E-state index contributed by atoms with van der Waals surface area (Å²) in [5.41, 5.74) is 4.20. The van der Waals surface area contributed by atoms with Crippen LogP contribution in [0.4, 0.5) is 11.5 Å². The van der Waals surface area contributed by atoms with Crippen molar-refractivity contribution in [3.63, 3.8) is 0 Å². The molecule has 6 heteroatoms. The van der Waals surface area contributed by atoms with E-state index in [9.17, 15) is 0 Å². The van der Waals surface area contributed by atoms with E-state index in [0.29, 0.717) is 5.92 Å². The minimum atomic E-state index is 0.605. The molecule has 4 rings (SSSR count). The first-order valence-corrected chi connectivity index (χ1v) is 9.32. The van der Waals surface area contributed by atoms with Gasteiger partial charge in [-0.2, -0.15) is 5.10 Å². The molecule has 2 aromatic heterocycles. The molecule has 0 unspecified atom stereocenters. The highest BCUT2D eigenvalue weighted by Crippen LogP contribution is 2.35. The summed E-state index contributed by atoms with van der Waals surface area (Å²) in [4.78, 5) is 6.50. The van der Waals surface area contributed by atoms with E-state index in [4.69, 9.17) is 4.74 Å². The summed E-state index contributed by atoms with van der Waals surface area (Å²) in [6.45, 7) is 2.30. The van der Waals surface area contributed by atoms with Gasteiger partial charge in [-0.3, -0.25) is 10.1 Å². The maximum Gasteiger partial charge on any atom is 0.152 e. The van der Waals surface area contributed by atoms with Crippen LogP contribution in [0.1, 0.15) is 24.3 Å². The SMILES string of the molecule is COc1cc(C2CCN(C)CC2)ccc1-c1cc(Nc2cccnc2)n[nH]1. The van der Waals surface area contributed by atoms with E-state index in [2.05, 4.69) is 50.6 Å². The van der Waals surface area contributed by atoms with Gasteiger partial charge in [-0.15, -0.1) is 0 Å². The lowest BCUT2D eigenvalue weighted by molar-refractivity contribution is 0.255. The number of hydrogen-bond donors (Lipinski definition) is 2. The lowest BCUT2D eigenvalue weighted by Gasteiger charge is -2.29. The molecule has 0 bridgehead atoms. The summed E-state index contributed by atoms with van der Waals surface area (Å²) in [5, 5.41) is 10.7. The van der Waals surface area contributed by atoms with Gasteiger partial charge in [0.15, 0.2) is 5.82 Å². The van der Waals surface area contributed by atoms with Crippen LogP contribution in [0.3, 0.4) is 0 Å². The number of ether oxygens (including phenoxy) is 1. The summed E-state index contributed by atoms with van der Waals surface area (Å²) >= 11 is 0. The van der Waals surface area contributed by atoms with Crippen LogP contribution in [0.15, 0.2) is 48.8 Å². The Labute approximate surface area is 159 Å². The molecular weight excluding hydrogens is 338 g/mol. The maximum absolute atomic E-state index is 5.69. The van der Waals surface area contributed by atoms with Gasteiger partial charge in [-0.1, -0.05) is 6.07 Å². The number of hydrogen-bond acceptors (Lipinski definition) is 5. The number of H-pyrrole nitrogens is 1. The number of likely N-dealkylation sites (tertiary alicyclic amines) is 1. The van der Waals surface area contributed by atoms with Gasteiger partial charge in [0.05, 0.1) is 24.7 Å². The second kappa shape index (κ2) is 7.80. The Morgan fingerprint density at radius 1 is 1.19 bits per heavy atom. The van der Waals surface area contributed by atoms with E-state index in [1.807, 2.05) is 18.2 Å². The zero-order valence-corrected chi connectivity index (χ0v) is 15.8. The number of rotatable bonds is 5. The van der Waals surface area contributed by atoms with Crippen molar-refractivity contribution in [2.24, 2.45) is 0 Å². The van der Waals surface area contributed by atoms with Gasteiger partial charge in [0, 0.05) is 17.8 Å². The first kappa shape index (κ1) is 17.5. The van der Waals surface area contributed by atoms with E-state index in [0.717, 1.165) is 41.6 Å². The molecular formula is C21H25N5O. The molecule has 1 aromatic carbocycles. The molecule has 1 aliphatic heterocycles. The summed E-state index contributed by atoms with van der Waals surface area (Å²) in [5.74, 6) is 2.23. The second-order valence-electron chi connectivity index (χ2n) is 7.07. The summed E-state index contributed by atoms with van der Waals surface area (Å²) in [6, 6.07) is 12.4. The molecule has 1 saturated heterocycles. The van der Waals surface area contributed by atoms with Gasteiger partial charge in [0.2, 0.25) is 0 Å². The lowest BCUT2D eigenvalue weighted by atomic mass is 9.88. The van der Waals surface area contributed by atoms with Crippen molar-refractivity contribution in [3.05, 3.63) is 54.4 Å². The standard InChI is InChI=1S/C21H25N5O/c1-26-10-7-15(8-11-26)16-5-6-18(20(12-16)27-2)19-13-21(25-24-19)23-17-4-3-9-22-14-17/h3-6,9,12-15H,7-8,10-11H2,1-2H3,(H2,23,24,25). The highest BCUT2D eigenvalue weighted by molar-refractivity contribution is 5.71. The average Bonchev–Trinajstić information content (AvgIpc) is 3.17. The summed E-state index contributed by atoms with van der Waals surface area (Å²) in [6.07, 6.45) is 5.91. The molecule has 3 heterocycles. The number of aromatic amines is 1. The van der Waals surface area contributed by atoms with Crippen LogP contribution in [0.2, 0.25) is 0 Å². The molecule has 3 aromatic rings. The molecule has 140 valence electrons. The fourth-order valence-electron chi connectivity index (χ4n) is 3.63. The Balaban J connectivity index is 1.55. The molecule has 27 heavy (non-hydrogen) atoms. The number of aromatic nitrogens is 3. The molecule has 0 amide bonds. The fraction of sp³-hybridized carbons (Fsp3) is 0.333. The predicted molar refractivity (Wildman–Crippen MR) is 108 cm³/mol. The summed E-state index contributed by atoms with van der Waals surface area (Å²) < 4.78 is 5.69. The highest BCUT2D eigenvalue weighted by atomic mass is 16.5. The van der Waals surface area contributed by atoms with E-state index < -0.39 is 0 Å². The predicted octanol–water partition coefficient (Wildman–Crippen LogP) is 4.03. The molecule has 1 fully saturated rings. The van der Waals surface area contributed by atoms with Crippen LogP contribution >= 0.6 is 0 Å². The number of piperidine rings is 1. The molecule has 0 atom stereocenters. The molecule has 1 aliphatic rings. The van der Waals surface area contributed by atoms with Crippen LogP contribution < -0.4 is 10.1 Å². The highest BCUT2D eigenvalue weighted by Gasteiger charge is 2.20. The Morgan fingerprint density at radius 3 is 2.78 bits per heavy atom. The number of nitrogens with one attached hydrogen (secondary N) is 2. The number of methoxy groups -OCH3 is 1. The van der Waals surface area contributed by atoms with E-state index in [-0.39, 0.29) is 0 Å². The van der Waals surface area contributed by atoms with Crippen LogP contribution in [0.5, 0.6) is 5.75 Å². The van der Waals surface area contributed by atoms with Crippen molar-refractivity contribution in [1.29, 1.82) is 0 Å². The topological polar surface area (TPSA) is 66.1 Å². The molecule has 6 nitrogen and oxygen atoms in total. The largest absolute Gasteiger partial charge is 0.496 e. The van der Waals surface area contributed by atoms with Crippen molar-refractivity contribution in [2.45, 2.75) is 18.8 Å². The monoisotopic (exact) mass is 363 g/mol. The van der Waals surface area contributed by atoms with Crippen LogP contribution in [-0.4, -0.2) is 47.3 Å². The third kappa shape index (κ3) is 3.95. The van der Waals surface area contributed by atoms with Gasteiger partial charge in [0.25, 0.3) is 0 Å².